The highest BCUT2D eigenvalue weighted by Gasteiger charge is 2.22. The predicted octanol–water partition coefficient (Wildman–Crippen LogP) is 2.84. The summed E-state index contributed by atoms with van der Waals surface area (Å²) in [6.45, 7) is 1.70. The number of nitro benzene ring substituents is 1. The lowest BCUT2D eigenvalue weighted by Gasteiger charge is -2.29. The van der Waals surface area contributed by atoms with Crippen LogP contribution in [0.3, 0.4) is 0 Å². The van der Waals surface area contributed by atoms with E-state index in [4.69, 9.17) is 5.11 Å². The summed E-state index contributed by atoms with van der Waals surface area (Å²) in [6.07, 6.45) is -1.31. The van der Waals surface area contributed by atoms with Crippen LogP contribution >= 0.6 is 34.4 Å². The van der Waals surface area contributed by atoms with Gasteiger partial charge in [-0.2, -0.15) is 11.8 Å². The SMILES string of the molecule is O=C(O)Nc1cc(N2CCSCC2)c(I)cc1[N+](=O)[O-]. The number of hydrogen-bond acceptors (Lipinski definition) is 5. The van der Waals surface area contributed by atoms with Gasteiger partial charge >= 0.3 is 6.09 Å². The van der Waals surface area contributed by atoms with Gasteiger partial charge in [0.15, 0.2) is 0 Å². The number of nitro groups is 1. The lowest BCUT2D eigenvalue weighted by atomic mass is 10.2. The minimum absolute atomic E-state index is 0.0103. The fourth-order valence-corrected chi connectivity index (χ4v) is 3.66. The van der Waals surface area contributed by atoms with Crippen LogP contribution in [0.2, 0.25) is 0 Å². The minimum Gasteiger partial charge on any atom is -0.465 e. The van der Waals surface area contributed by atoms with Crippen molar-refractivity contribution in [2.75, 3.05) is 34.8 Å². The van der Waals surface area contributed by atoms with Gasteiger partial charge in [0.05, 0.1) is 10.6 Å². The van der Waals surface area contributed by atoms with Crippen LogP contribution in [-0.4, -0.2) is 40.7 Å². The van der Waals surface area contributed by atoms with Crippen molar-refractivity contribution in [2.45, 2.75) is 0 Å². The number of rotatable bonds is 3. The highest BCUT2D eigenvalue weighted by Crippen LogP contribution is 2.35. The predicted molar refractivity (Wildman–Crippen MR) is 87.0 cm³/mol. The first-order valence-corrected chi connectivity index (χ1v) is 8.03. The molecule has 0 saturated carbocycles. The smallest absolute Gasteiger partial charge is 0.409 e. The average molecular weight is 409 g/mol. The highest BCUT2D eigenvalue weighted by atomic mass is 127. The number of hydrogen-bond donors (Lipinski definition) is 2. The Labute approximate surface area is 133 Å². The number of anilines is 2. The van der Waals surface area contributed by atoms with Gasteiger partial charge in [0.2, 0.25) is 0 Å². The molecule has 0 radical (unpaired) electrons. The number of nitrogens with zero attached hydrogens (tertiary/aromatic N) is 2. The van der Waals surface area contributed by atoms with E-state index in [2.05, 4.69) is 10.2 Å². The number of thioether (sulfide) groups is 1. The van der Waals surface area contributed by atoms with Gasteiger partial charge in [-0.3, -0.25) is 15.4 Å². The van der Waals surface area contributed by atoms with Crippen molar-refractivity contribution < 1.29 is 14.8 Å². The number of benzene rings is 1. The Balaban J connectivity index is 2.42. The molecule has 20 heavy (non-hydrogen) atoms. The van der Waals surface area contributed by atoms with Crippen molar-refractivity contribution in [1.82, 2.24) is 0 Å². The molecule has 1 aromatic rings. The summed E-state index contributed by atoms with van der Waals surface area (Å²) in [7, 11) is 0. The van der Waals surface area contributed by atoms with Crippen molar-refractivity contribution in [2.24, 2.45) is 0 Å². The van der Waals surface area contributed by atoms with Crippen LogP contribution in [0.1, 0.15) is 0 Å². The second-order valence-electron chi connectivity index (χ2n) is 4.11. The molecule has 1 aromatic carbocycles. The molecule has 0 spiro atoms. The Morgan fingerprint density at radius 3 is 2.65 bits per heavy atom. The zero-order valence-electron chi connectivity index (χ0n) is 10.3. The Hall–Kier alpha value is -1.23. The van der Waals surface area contributed by atoms with Crippen molar-refractivity contribution in [3.05, 3.63) is 25.8 Å². The van der Waals surface area contributed by atoms with Gasteiger partial charge in [0, 0.05) is 34.2 Å². The van der Waals surface area contributed by atoms with Crippen LogP contribution < -0.4 is 10.2 Å². The van der Waals surface area contributed by atoms with Gasteiger partial charge in [-0.25, -0.2) is 4.79 Å². The maximum absolute atomic E-state index is 11.0. The standard InChI is InChI=1S/C11H12IN3O4S/c12-7-5-10(15(18)19)8(13-11(16)17)6-9(7)14-1-3-20-4-2-14/h5-6,13H,1-4H2,(H,16,17). The molecule has 1 aliphatic heterocycles. The molecular formula is C11H12IN3O4S. The summed E-state index contributed by atoms with van der Waals surface area (Å²) in [5.74, 6) is 1.99. The molecule has 1 aliphatic rings. The van der Waals surface area contributed by atoms with E-state index in [1.807, 2.05) is 34.4 Å². The third-order valence-electron chi connectivity index (χ3n) is 2.86. The van der Waals surface area contributed by atoms with Crippen molar-refractivity contribution in [3.8, 4) is 0 Å². The normalized spacial score (nSPS) is 14.9. The highest BCUT2D eigenvalue weighted by molar-refractivity contribution is 14.1. The third kappa shape index (κ3) is 3.45. The Morgan fingerprint density at radius 2 is 2.10 bits per heavy atom. The number of amides is 1. The van der Waals surface area contributed by atoms with Gasteiger partial charge in [-0.1, -0.05) is 0 Å². The van der Waals surface area contributed by atoms with E-state index in [0.717, 1.165) is 33.9 Å². The Bertz CT molecular complexity index is 549. The zero-order valence-corrected chi connectivity index (χ0v) is 13.3. The van der Waals surface area contributed by atoms with Crippen molar-refractivity contribution >= 4 is 57.5 Å². The van der Waals surface area contributed by atoms with E-state index >= 15 is 0 Å². The molecular weight excluding hydrogens is 397 g/mol. The quantitative estimate of drug-likeness (QED) is 0.453. The molecule has 0 bridgehead atoms. The number of carboxylic acid groups (broad SMARTS) is 1. The van der Waals surface area contributed by atoms with Crippen molar-refractivity contribution in [1.29, 1.82) is 0 Å². The van der Waals surface area contributed by atoms with E-state index in [1.165, 1.54) is 6.07 Å². The molecule has 0 atom stereocenters. The van der Waals surface area contributed by atoms with E-state index in [-0.39, 0.29) is 11.4 Å². The Kier molecular flexibility index (Phi) is 4.91. The second kappa shape index (κ2) is 6.48. The van der Waals surface area contributed by atoms with Crippen molar-refractivity contribution in [3.63, 3.8) is 0 Å². The lowest BCUT2D eigenvalue weighted by Crippen LogP contribution is -2.33. The molecule has 1 heterocycles. The second-order valence-corrected chi connectivity index (χ2v) is 6.49. The van der Waals surface area contributed by atoms with E-state index in [0.29, 0.717) is 0 Å². The van der Waals surface area contributed by atoms with Crippen LogP contribution in [0.5, 0.6) is 0 Å². The first-order chi connectivity index (χ1) is 9.49. The zero-order chi connectivity index (χ0) is 14.7. The monoisotopic (exact) mass is 409 g/mol. The molecule has 2 rings (SSSR count). The summed E-state index contributed by atoms with van der Waals surface area (Å²) in [4.78, 5) is 23.3. The topological polar surface area (TPSA) is 95.7 Å². The molecule has 9 heteroatoms. The van der Waals surface area contributed by atoms with Gasteiger partial charge < -0.3 is 10.0 Å². The Morgan fingerprint density at radius 1 is 1.45 bits per heavy atom. The van der Waals surface area contributed by atoms with Crippen LogP contribution in [0.4, 0.5) is 21.9 Å². The molecule has 108 valence electrons. The molecule has 1 saturated heterocycles. The molecule has 7 nitrogen and oxygen atoms in total. The van der Waals surface area contributed by atoms with Gasteiger partial charge in [0.1, 0.15) is 5.69 Å². The van der Waals surface area contributed by atoms with Gasteiger partial charge in [-0.05, 0) is 28.7 Å². The fourth-order valence-electron chi connectivity index (χ4n) is 1.96. The minimum atomic E-state index is -1.31. The van der Waals surface area contributed by atoms with Crippen LogP contribution in [0.25, 0.3) is 0 Å². The first kappa shape index (κ1) is 15.2. The number of carbonyl (C=O) groups is 1. The fraction of sp³-hybridized carbons (Fsp3) is 0.364. The summed E-state index contributed by atoms with van der Waals surface area (Å²) in [5, 5.41) is 21.9. The van der Waals surface area contributed by atoms with Gasteiger partial charge in [-0.15, -0.1) is 0 Å². The molecule has 0 unspecified atom stereocenters. The average Bonchev–Trinajstić information content (AvgIpc) is 2.40. The van der Waals surface area contributed by atoms with Crippen LogP contribution in [0, 0.1) is 13.7 Å². The summed E-state index contributed by atoms with van der Waals surface area (Å²) in [5.41, 5.74) is 0.614. The first-order valence-electron chi connectivity index (χ1n) is 5.79. The summed E-state index contributed by atoms with van der Waals surface area (Å²) < 4.78 is 0.747. The molecule has 1 fully saturated rings. The number of nitrogens with one attached hydrogen (secondary N) is 1. The maximum Gasteiger partial charge on any atom is 0.409 e. The molecule has 0 aliphatic carbocycles. The molecule has 0 aromatic heterocycles. The van der Waals surface area contributed by atoms with E-state index in [9.17, 15) is 14.9 Å². The van der Waals surface area contributed by atoms with Gasteiger partial charge in [0.25, 0.3) is 5.69 Å². The third-order valence-corrected chi connectivity index (χ3v) is 4.66. The maximum atomic E-state index is 11.0. The summed E-state index contributed by atoms with van der Waals surface area (Å²) in [6, 6.07) is 2.95. The molecule has 2 N–H and O–H groups in total. The van der Waals surface area contributed by atoms with Crippen LogP contribution in [0.15, 0.2) is 12.1 Å². The largest absolute Gasteiger partial charge is 0.465 e. The number of halogens is 1. The van der Waals surface area contributed by atoms with E-state index < -0.39 is 11.0 Å². The lowest BCUT2D eigenvalue weighted by molar-refractivity contribution is -0.384. The van der Waals surface area contributed by atoms with Crippen LogP contribution in [-0.2, 0) is 0 Å². The molecule has 1 amide bonds. The summed E-state index contributed by atoms with van der Waals surface area (Å²) >= 11 is 3.90. The van der Waals surface area contributed by atoms with E-state index in [1.54, 1.807) is 6.07 Å².